The topological polar surface area (TPSA) is 79.3 Å². The number of aromatic nitrogens is 2. The Labute approximate surface area is 108 Å². The molecule has 1 aromatic heterocycles. The van der Waals surface area contributed by atoms with Crippen molar-refractivity contribution in [2.45, 2.75) is 32.7 Å². The summed E-state index contributed by atoms with van der Waals surface area (Å²) >= 11 is 0. The second-order valence-corrected chi connectivity index (χ2v) is 3.90. The van der Waals surface area contributed by atoms with Crippen LogP contribution in [0.5, 0.6) is 5.75 Å². The Morgan fingerprint density at radius 3 is 2.61 bits per heavy atom. The molecular weight excluding hydrogens is 232 g/mol. The van der Waals surface area contributed by atoms with E-state index in [1.165, 1.54) is 6.33 Å². The van der Waals surface area contributed by atoms with E-state index in [0.717, 1.165) is 13.0 Å². The van der Waals surface area contributed by atoms with Crippen LogP contribution in [0.2, 0.25) is 0 Å². The summed E-state index contributed by atoms with van der Waals surface area (Å²) in [5, 5.41) is 15.4. The summed E-state index contributed by atoms with van der Waals surface area (Å²) in [4.78, 5) is 8.34. The van der Waals surface area contributed by atoms with E-state index in [4.69, 9.17) is 9.84 Å². The van der Waals surface area contributed by atoms with Crippen molar-refractivity contribution in [2.75, 3.05) is 30.9 Å². The number of hydrogen-bond donors (Lipinski definition) is 3. The highest BCUT2D eigenvalue weighted by molar-refractivity contribution is 5.63. The molecule has 3 N–H and O–H groups in total. The van der Waals surface area contributed by atoms with Crippen LogP contribution in [0.3, 0.4) is 0 Å². The molecule has 1 heterocycles. The molecule has 0 fully saturated rings. The first kappa shape index (κ1) is 14.5. The van der Waals surface area contributed by atoms with Gasteiger partial charge in [-0.25, -0.2) is 9.97 Å². The molecule has 0 bridgehead atoms. The second-order valence-electron chi connectivity index (χ2n) is 3.90. The van der Waals surface area contributed by atoms with Crippen LogP contribution in [0.25, 0.3) is 0 Å². The van der Waals surface area contributed by atoms with Crippen LogP contribution in [-0.4, -0.2) is 41.4 Å². The summed E-state index contributed by atoms with van der Waals surface area (Å²) in [6, 6.07) is 0.174. The Morgan fingerprint density at radius 2 is 2.06 bits per heavy atom. The summed E-state index contributed by atoms with van der Waals surface area (Å²) in [5.74, 6) is 1.94. The standard InChI is InChI=1S/C12H22N4O2/c1-4-9(6-7-17)16-12-10(18-3)11(13-5-2)14-8-15-12/h8-9,17H,4-7H2,1-3H3,(H2,13,14,15,16). The van der Waals surface area contributed by atoms with E-state index in [1.807, 2.05) is 6.92 Å². The maximum Gasteiger partial charge on any atom is 0.204 e. The number of anilines is 2. The molecule has 0 spiro atoms. The minimum absolute atomic E-state index is 0.152. The van der Waals surface area contributed by atoms with E-state index in [9.17, 15) is 0 Å². The highest BCUT2D eigenvalue weighted by Gasteiger charge is 2.14. The molecule has 0 amide bonds. The number of aliphatic hydroxyl groups is 1. The Kier molecular flexibility index (Phi) is 6.21. The zero-order chi connectivity index (χ0) is 13.4. The number of ether oxygens (including phenoxy) is 1. The summed E-state index contributed by atoms with van der Waals surface area (Å²) in [6.45, 7) is 4.97. The molecule has 6 nitrogen and oxygen atoms in total. The fraction of sp³-hybridized carbons (Fsp3) is 0.667. The minimum atomic E-state index is 0.152. The highest BCUT2D eigenvalue weighted by Crippen LogP contribution is 2.29. The average molecular weight is 254 g/mol. The number of methoxy groups -OCH3 is 1. The van der Waals surface area contributed by atoms with Gasteiger partial charge in [0.05, 0.1) is 7.11 Å². The lowest BCUT2D eigenvalue weighted by Crippen LogP contribution is -2.21. The molecular formula is C12H22N4O2. The van der Waals surface area contributed by atoms with Gasteiger partial charge in [-0.2, -0.15) is 0 Å². The lowest BCUT2D eigenvalue weighted by Gasteiger charge is -2.19. The molecule has 0 saturated carbocycles. The fourth-order valence-electron chi connectivity index (χ4n) is 1.69. The van der Waals surface area contributed by atoms with Crippen molar-refractivity contribution in [1.82, 2.24) is 9.97 Å². The van der Waals surface area contributed by atoms with Crippen LogP contribution in [0.1, 0.15) is 26.7 Å². The first-order chi connectivity index (χ1) is 8.76. The van der Waals surface area contributed by atoms with E-state index in [1.54, 1.807) is 7.11 Å². The molecule has 18 heavy (non-hydrogen) atoms. The Morgan fingerprint density at radius 1 is 1.33 bits per heavy atom. The molecule has 6 heteroatoms. The van der Waals surface area contributed by atoms with E-state index < -0.39 is 0 Å². The molecule has 1 aromatic rings. The second kappa shape index (κ2) is 7.71. The van der Waals surface area contributed by atoms with Crippen LogP contribution in [0.15, 0.2) is 6.33 Å². The van der Waals surface area contributed by atoms with Crippen molar-refractivity contribution >= 4 is 11.6 Å². The maximum absolute atomic E-state index is 8.99. The zero-order valence-corrected chi connectivity index (χ0v) is 11.2. The lowest BCUT2D eigenvalue weighted by atomic mass is 10.1. The van der Waals surface area contributed by atoms with Crippen molar-refractivity contribution in [3.05, 3.63) is 6.33 Å². The maximum atomic E-state index is 8.99. The third-order valence-electron chi connectivity index (χ3n) is 2.66. The van der Waals surface area contributed by atoms with Gasteiger partial charge < -0.3 is 20.5 Å². The molecule has 0 aromatic carbocycles. The first-order valence-corrected chi connectivity index (χ1v) is 6.27. The van der Waals surface area contributed by atoms with Crippen LogP contribution in [0, 0.1) is 0 Å². The average Bonchev–Trinajstić information content (AvgIpc) is 2.39. The molecule has 1 rings (SSSR count). The van der Waals surface area contributed by atoms with Crippen molar-refractivity contribution in [3.8, 4) is 5.75 Å². The van der Waals surface area contributed by atoms with Crippen molar-refractivity contribution < 1.29 is 9.84 Å². The Hall–Kier alpha value is -1.56. The van der Waals surface area contributed by atoms with Gasteiger partial charge in [0.25, 0.3) is 0 Å². The molecule has 0 aliphatic rings. The smallest absolute Gasteiger partial charge is 0.204 e. The predicted octanol–water partition coefficient (Wildman–Crippen LogP) is 1.49. The van der Waals surface area contributed by atoms with Crippen molar-refractivity contribution in [2.24, 2.45) is 0 Å². The molecule has 1 atom stereocenters. The van der Waals surface area contributed by atoms with Gasteiger partial charge in [0.15, 0.2) is 11.6 Å². The molecule has 0 aliphatic carbocycles. The molecule has 102 valence electrons. The lowest BCUT2D eigenvalue weighted by molar-refractivity contribution is 0.278. The van der Waals surface area contributed by atoms with Gasteiger partial charge in [-0.15, -0.1) is 0 Å². The van der Waals surface area contributed by atoms with Crippen molar-refractivity contribution in [1.29, 1.82) is 0 Å². The number of aliphatic hydroxyl groups excluding tert-OH is 1. The first-order valence-electron chi connectivity index (χ1n) is 6.27. The van der Waals surface area contributed by atoms with Gasteiger partial charge in [0, 0.05) is 19.2 Å². The number of nitrogens with one attached hydrogen (secondary N) is 2. The van der Waals surface area contributed by atoms with E-state index >= 15 is 0 Å². The van der Waals surface area contributed by atoms with E-state index in [0.29, 0.717) is 23.8 Å². The highest BCUT2D eigenvalue weighted by atomic mass is 16.5. The SMILES string of the molecule is CCNc1ncnc(NC(CC)CCO)c1OC. The Balaban J connectivity index is 2.89. The summed E-state index contributed by atoms with van der Waals surface area (Å²) in [6.07, 6.45) is 3.08. The fourth-order valence-corrected chi connectivity index (χ4v) is 1.69. The van der Waals surface area contributed by atoms with Gasteiger partial charge >= 0.3 is 0 Å². The van der Waals surface area contributed by atoms with Gasteiger partial charge in [-0.1, -0.05) is 6.92 Å². The number of nitrogens with zero attached hydrogens (tertiary/aromatic N) is 2. The monoisotopic (exact) mass is 254 g/mol. The van der Waals surface area contributed by atoms with Crippen LogP contribution < -0.4 is 15.4 Å². The third-order valence-corrected chi connectivity index (χ3v) is 2.66. The van der Waals surface area contributed by atoms with Gasteiger partial charge in [-0.05, 0) is 19.8 Å². The van der Waals surface area contributed by atoms with Crippen molar-refractivity contribution in [3.63, 3.8) is 0 Å². The van der Waals surface area contributed by atoms with Gasteiger partial charge in [0.1, 0.15) is 6.33 Å². The van der Waals surface area contributed by atoms with Gasteiger partial charge in [-0.3, -0.25) is 0 Å². The van der Waals surface area contributed by atoms with Crippen LogP contribution >= 0.6 is 0 Å². The summed E-state index contributed by atoms with van der Waals surface area (Å²) < 4.78 is 5.34. The zero-order valence-electron chi connectivity index (χ0n) is 11.2. The Bertz CT molecular complexity index is 360. The number of rotatable bonds is 8. The van der Waals surface area contributed by atoms with Crippen LogP contribution in [0.4, 0.5) is 11.6 Å². The quantitative estimate of drug-likeness (QED) is 0.652. The normalized spacial score (nSPS) is 12.0. The predicted molar refractivity (Wildman–Crippen MR) is 72.2 cm³/mol. The van der Waals surface area contributed by atoms with E-state index in [2.05, 4.69) is 27.5 Å². The number of hydrogen-bond acceptors (Lipinski definition) is 6. The van der Waals surface area contributed by atoms with E-state index in [-0.39, 0.29) is 12.6 Å². The summed E-state index contributed by atoms with van der Waals surface area (Å²) in [5.41, 5.74) is 0. The largest absolute Gasteiger partial charge is 0.490 e. The van der Waals surface area contributed by atoms with Gasteiger partial charge in [0.2, 0.25) is 5.75 Å². The minimum Gasteiger partial charge on any atom is -0.490 e. The third kappa shape index (κ3) is 3.73. The van der Waals surface area contributed by atoms with Crippen LogP contribution in [-0.2, 0) is 0 Å². The molecule has 1 unspecified atom stereocenters. The molecule has 0 radical (unpaired) electrons. The molecule has 0 aliphatic heterocycles. The molecule has 0 saturated heterocycles. The summed E-state index contributed by atoms with van der Waals surface area (Å²) in [7, 11) is 1.59.